The summed E-state index contributed by atoms with van der Waals surface area (Å²) in [5, 5.41) is 14.8. The van der Waals surface area contributed by atoms with Gasteiger partial charge in [0.15, 0.2) is 9.84 Å². The summed E-state index contributed by atoms with van der Waals surface area (Å²) in [5.74, 6) is -2.82. The Morgan fingerprint density at radius 1 is 0.971 bits per heavy atom. The molecule has 0 bridgehead atoms. The first-order valence-corrected chi connectivity index (χ1v) is 12.9. The highest BCUT2D eigenvalue weighted by Gasteiger charge is 2.36. The van der Waals surface area contributed by atoms with Gasteiger partial charge in [-0.25, -0.2) is 13.2 Å². The first-order chi connectivity index (χ1) is 16.1. The lowest BCUT2D eigenvalue weighted by atomic mass is 9.97. The second kappa shape index (κ2) is 10.8. The molecule has 3 rings (SSSR count). The van der Waals surface area contributed by atoms with E-state index in [0.29, 0.717) is 5.56 Å². The summed E-state index contributed by atoms with van der Waals surface area (Å²) >= 11 is 0. The fourth-order valence-corrected chi connectivity index (χ4v) is 6.10. The van der Waals surface area contributed by atoms with Crippen LogP contribution in [0.3, 0.4) is 0 Å². The van der Waals surface area contributed by atoms with Crippen LogP contribution in [0.2, 0.25) is 0 Å². The number of hydrogen-bond acceptors (Lipinski definition) is 5. The lowest BCUT2D eigenvalue weighted by Crippen LogP contribution is -2.52. The predicted octanol–water partition coefficient (Wildman–Crippen LogP) is 2.29. The van der Waals surface area contributed by atoms with Gasteiger partial charge < -0.3 is 15.7 Å². The number of sulfone groups is 1. The van der Waals surface area contributed by atoms with E-state index in [9.17, 15) is 27.9 Å². The largest absolute Gasteiger partial charge is 0.480 e. The molecule has 0 saturated heterocycles. The summed E-state index contributed by atoms with van der Waals surface area (Å²) in [5.41, 5.74) is 1.40. The fourth-order valence-electron chi connectivity index (χ4n) is 4.22. The number of nitrogens with one attached hydrogen (secondary N) is 2. The quantitative estimate of drug-likeness (QED) is 0.473. The molecule has 9 heteroatoms. The van der Waals surface area contributed by atoms with Crippen LogP contribution in [0.1, 0.15) is 43.7 Å². The molecule has 1 aliphatic heterocycles. The second-order valence-corrected chi connectivity index (χ2v) is 11.1. The van der Waals surface area contributed by atoms with Gasteiger partial charge in [-0.05, 0) is 29.5 Å². The highest BCUT2D eigenvalue weighted by molar-refractivity contribution is 7.91. The third kappa shape index (κ3) is 6.44. The van der Waals surface area contributed by atoms with Gasteiger partial charge in [-0.3, -0.25) is 9.59 Å². The first kappa shape index (κ1) is 25.4. The molecule has 1 aliphatic rings. The first-order valence-electron chi connectivity index (χ1n) is 11.2. The van der Waals surface area contributed by atoms with Crippen LogP contribution in [-0.4, -0.2) is 49.1 Å². The van der Waals surface area contributed by atoms with Gasteiger partial charge in [0.2, 0.25) is 11.8 Å². The van der Waals surface area contributed by atoms with Gasteiger partial charge in [-0.2, -0.15) is 0 Å². The number of amides is 2. The molecule has 2 aromatic rings. The van der Waals surface area contributed by atoms with E-state index in [0.717, 1.165) is 5.56 Å². The molecule has 0 aromatic heterocycles. The van der Waals surface area contributed by atoms with Crippen molar-refractivity contribution in [3.05, 3.63) is 65.7 Å². The van der Waals surface area contributed by atoms with Gasteiger partial charge in [0, 0.05) is 18.8 Å². The Labute approximate surface area is 199 Å². The van der Waals surface area contributed by atoms with Crippen molar-refractivity contribution >= 4 is 27.6 Å². The Balaban J connectivity index is 1.75. The number of fused-ring (bicyclic) bond motifs is 1. The molecule has 182 valence electrons. The summed E-state index contributed by atoms with van der Waals surface area (Å²) < 4.78 is 24.9. The Morgan fingerprint density at radius 2 is 1.62 bits per heavy atom. The molecule has 0 radical (unpaired) electrons. The molecule has 0 saturated carbocycles. The average Bonchev–Trinajstić information content (AvgIpc) is 3.03. The zero-order valence-corrected chi connectivity index (χ0v) is 20.0. The van der Waals surface area contributed by atoms with Crippen LogP contribution in [-0.2, 0) is 30.6 Å². The third-order valence-corrected chi connectivity index (χ3v) is 7.69. The number of carboxylic acid groups (broad SMARTS) is 1. The van der Waals surface area contributed by atoms with E-state index in [-0.39, 0.29) is 35.8 Å². The van der Waals surface area contributed by atoms with Crippen LogP contribution in [0.15, 0.2) is 59.5 Å². The van der Waals surface area contributed by atoms with Crippen LogP contribution in [0.25, 0.3) is 0 Å². The second-order valence-electron chi connectivity index (χ2n) is 9.06. The Bertz CT molecular complexity index is 1150. The summed E-state index contributed by atoms with van der Waals surface area (Å²) in [6.45, 7) is 3.72. The third-order valence-electron chi connectivity index (χ3n) is 5.80. The van der Waals surface area contributed by atoms with Crippen LogP contribution >= 0.6 is 0 Å². The van der Waals surface area contributed by atoms with Gasteiger partial charge >= 0.3 is 5.97 Å². The molecule has 8 nitrogen and oxygen atoms in total. The maximum Gasteiger partial charge on any atom is 0.326 e. The molecule has 34 heavy (non-hydrogen) atoms. The number of aliphatic carboxylic acids is 1. The standard InChI is InChI=1S/C25H30N2O6S/c1-16(2)12-21(25(30)31)27-24(29)20(13-17-8-4-3-5-9-17)26-23(28)14-18-15-34(32,33)22-11-7-6-10-19(18)22/h3-11,16,18,20-21H,12-15H2,1-2H3,(H,26,28)(H,27,29)(H,30,31)/t18?,20-,21-/m0/s1. The van der Waals surface area contributed by atoms with E-state index in [1.165, 1.54) is 6.07 Å². The zero-order chi connectivity index (χ0) is 24.9. The summed E-state index contributed by atoms with van der Waals surface area (Å²) in [6.07, 6.45) is 0.332. The molecule has 1 heterocycles. The molecular weight excluding hydrogens is 456 g/mol. The van der Waals surface area contributed by atoms with Crippen molar-refractivity contribution in [1.82, 2.24) is 10.6 Å². The van der Waals surface area contributed by atoms with E-state index in [1.807, 2.05) is 44.2 Å². The number of rotatable bonds is 10. The van der Waals surface area contributed by atoms with Crippen molar-refractivity contribution in [3.8, 4) is 0 Å². The molecule has 1 unspecified atom stereocenters. The maximum atomic E-state index is 13.0. The van der Waals surface area contributed by atoms with Crippen molar-refractivity contribution in [2.75, 3.05) is 5.75 Å². The van der Waals surface area contributed by atoms with Gasteiger partial charge in [0.05, 0.1) is 10.6 Å². The van der Waals surface area contributed by atoms with Crippen LogP contribution < -0.4 is 10.6 Å². The maximum absolute atomic E-state index is 13.0. The van der Waals surface area contributed by atoms with Gasteiger partial charge in [-0.15, -0.1) is 0 Å². The van der Waals surface area contributed by atoms with Crippen molar-refractivity contribution in [1.29, 1.82) is 0 Å². The Hall–Kier alpha value is -3.20. The van der Waals surface area contributed by atoms with E-state index in [4.69, 9.17) is 0 Å². The topological polar surface area (TPSA) is 130 Å². The van der Waals surface area contributed by atoms with E-state index >= 15 is 0 Å². The highest BCUT2D eigenvalue weighted by atomic mass is 32.2. The van der Waals surface area contributed by atoms with Crippen LogP contribution in [0.5, 0.6) is 0 Å². The molecule has 0 aliphatic carbocycles. The minimum atomic E-state index is -3.46. The molecule has 2 amide bonds. The zero-order valence-electron chi connectivity index (χ0n) is 19.2. The van der Waals surface area contributed by atoms with E-state index in [1.54, 1.807) is 18.2 Å². The SMILES string of the molecule is CC(C)C[C@H](NC(=O)[C@H](Cc1ccccc1)NC(=O)CC1CS(=O)(=O)c2ccccc21)C(=O)O. The normalized spacial score (nSPS) is 18.0. The minimum Gasteiger partial charge on any atom is -0.480 e. The molecule has 3 atom stereocenters. The predicted molar refractivity (Wildman–Crippen MR) is 127 cm³/mol. The Kier molecular flexibility index (Phi) is 8.09. The molecular formula is C25H30N2O6S. The summed E-state index contributed by atoms with van der Waals surface area (Å²) in [6, 6.07) is 13.6. The molecule has 3 N–H and O–H groups in total. The number of carbonyl (C=O) groups is 3. The summed E-state index contributed by atoms with van der Waals surface area (Å²) in [4.78, 5) is 37.8. The molecule has 0 spiro atoms. The van der Waals surface area contributed by atoms with E-state index < -0.39 is 45.6 Å². The van der Waals surface area contributed by atoms with E-state index in [2.05, 4.69) is 10.6 Å². The number of carboxylic acids is 1. The molecule has 2 aromatic carbocycles. The van der Waals surface area contributed by atoms with Crippen molar-refractivity contribution in [2.24, 2.45) is 5.92 Å². The number of benzene rings is 2. The number of carbonyl (C=O) groups excluding carboxylic acids is 2. The fraction of sp³-hybridized carbons (Fsp3) is 0.400. The van der Waals surface area contributed by atoms with Crippen LogP contribution in [0.4, 0.5) is 0 Å². The smallest absolute Gasteiger partial charge is 0.326 e. The van der Waals surface area contributed by atoms with Crippen molar-refractivity contribution < 1.29 is 27.9 Å². The van der Waals surface area contributed by atoms with Gasteiger partial charge in [-0.1, -0.05) is 62.4 Å². The average molecular weight is 487 g/mol. The van der Waals surface area contributed by atoms with Gasteiger partial charge in [0.1, 0.15) is 12.1 Å². The molecule has 0 fully saturated rings. The monoisotopic (exact) mass is 486 g/mol. The minimum absolute atomic E-state index is 0.0490. The van der Waals surface area contributed by atoms with Crippen LogP contribution in [0, 0.1) is 5.92 Å². The number of hydrogen-bond donors (Lipinski definition) is 3. The lowest BCUT2D eigenvalue weighted by molar-refractivity contribution is -0.142. The Morgan fingerprint density at radius 3 is 2.26 bits per heavy atom. The lowest BCUT2D eigenvalue weighted by Gasteiger charge is -2.23. The van der Waals surface area contributed by atoms with Crippen molar-refractivity contribution in [2.45, 2.75) is 56.0 Å². The van der Waals surface area contributed by atoms with Gasteiger partial charge in [0.25, 0.3) is 0 Å². The summed E-state index contributed by atoms with van der Waals surface area (Å²) in [7, 11) is -3.46. The van der Waals surface area contributed by atoms with Crippen molar-refractivity contribution in [3.63, 3.8) is 0 Å². The highest BCUT2D eigenvalue weighted by Crippen LogP contribution is 2.36.